The summed E-state index contributed by atoms with van der Waals surface area (Å²) in [4.78, 5) is 45.1. The predicted octanol–water partition coefficient (Wildman–Crippen LogP) is 6.10. The number of aryl methyl sites for hydroxylation is 1. The molecule has 1 fully saturated rings. The minimum atomic E-state index is -0.486. The standard InChI is InChI=1S/C41H41FN6O4/c1-26-36(41(51)48(31-8-10-34(49)11-9-31)32-20-28-13-14-45(2)39(28)43-23-32)22-38(44-26)37-21-30(42)7-12-35(37)40(50)47-24-29-6-4-3-5-27(29)19-33(47)25-46-15-17-52-18-16-46/h3-12,20-23,33,44,49H,13-19,24-25H2,1-2H3/t33-/m0/s1. The van der Waals surface area contributed by atoms with Gasteiger partial charge >= 0.3 is 0 Å². The highest BCUT2D eigenvalue weighted by molar-refractivity contribution is 6.12. The van der Waals surface area contributed by atoms with Gasteiger partial charge in [-0.15, -0.1) is 0 Å². The summed E-state index contributed by atoms with van der Waals surface area (Å²) in [5, 5.41) is 10.0. The van der Waals surface area contributed by atoms with Crippen molar-refractivity contribution in [2.75, 3.05) is 56.2 Å². The molecule has 8 rings (SSSR count). The average Bonchev–Trinajstić information content (AvgIpc) is 3.74. The molecule has 266 valence electrons. The summed E-state index contributed by atoms with van der Waals surface area (Å²) in [6, 6.07) is 22.5. The third-order valence-electron chi connectivity index (χ3n) is 10.5. The maximum atomic E-state index is 15.1. The number of H-pyrrole nitrogens is 1. The first-order chi connectivity index (χ1) is 25.2. The lowest BCUT2D eigenvalue weighted by Crippen LogP contribution is -2.52. The van der Waals surface area contributed by atoms with Gasteiger partial charge in [-0.1, -0.05) is 24.3 Å². The number of likely N-dealkylation sites (N-methyl/N-ethyl adjacent to an activating group) is 1. The van der Waals surface area contributed by atoms with Crippen molar-refractivity contribution in [3.8, 4) is 17.0 Å². The van der Waals surface area contributed by atoms with Gasteiger partial charge in [-0.25, -0.2) is 9.37 Å². The van der Waals surface area contributed by atoms with E-state index < -0.39 is 5.82 Å². The number of morpholine rings is 1. The molecule has 0 unspecified atom stereocenters. The number of benzene rings is 3. The second-order valence-corrected chi connectivity index (χ2v) is 13.9. The number of phenols is 1. The molecule has 1 saturated heterocycles. The number of ether oxygens (including phenoxy) is 1. The fourth-order valence-electron chi connectivity index (χ4n) is 7.72. The van der Waals surface area contributed by atoms with Crippen LogP contribution in [0.15, 0.2) is 85.1 Å². The zero-order valence-corrected chi connectivity index (χ0v) is 29.3. The lowest BCUT2D eigenvalue weighted by atomic mass is 9.92. The molecule has 2 aromatic heterocycles. The third-order valence-corrected chi connectivity index (χ3v) is 10.5. The summed E-state index contributed by atoms with van der Waals surface area (Å²) in [6.45, 7) is 6.73. The lowest BCUT2D eigenvalue weighted by molar-refractivity contribution is 0.0193. The SMILES string of the molecule is Cc1[nH]c(-c2cc(F)ccc2C(=O)N2Cc3ccccc3C[C@H]2CN2CCOCC2)cc1C(=O)N(c1ccc(O)cc1)c1cnc2c(c1)CCN2C. The van der Waals surface area contributed by atoms with Gasteiger partial charge in [-0.2, -0.15) is 0 Å². The number of pyridine rings is 1. The van der Waals surface area contributed by atoms with Crippen molar-refractivity contribution in [2.24, 2.45) is 0 Å². The first-order valence-electron chi connectivity index (χ1n) is 17.7. The fourth-order valence-corrected chi connectivity index (χ4v) is 7.72. The Morgan fingerprint density at radius 3 is 2.50 bits per heavy atom. The van der Waals surface area contributed by atoms with Crippen LogP contribution in [0.3, 0.4) is 0 Å². The monoisotopic (exact) mass is 700 g/mol. The topological polar surface area (TPSA) is 105 Å². The molecule has 52 heavy (non-hydrogen) atoms. The first kappa shape index (κ1) is 33.6. The van der Waals surface area contributed by atoms with Crippen LogP contribution in [0, 0.1) is 12.7 Å². The maximum absolute atomic E-state index is 15.1. The summed E-state index contributed by atoms with van der Waals surface area (Å²) < 4.78 is 20.6. The van der Waals surface area contributed by atoms with Crippen LogP contribution < -0.4 is 9.80 Å². The number of carbonyl (C=O) groups excluding carboxylic acids is 2. The number of hydrogen-bond acceptors (Lipinski definition) is 7. The average molecular weight is 701 g/mol. The van der Waals surface area contributed by atoms with Crippen molar-refractivity contribution in [3.05, 3.63) is 124 Å². The van der Waals surface area contributed by atoms with Crippen LogP contribution >= 0.6 is 0 Å². The second kappa shape index (κ2) is 13.9. The summed E-state index contributed by atoms with van der Waals surface area (Å²) >= 11 is 0. The predicted molar refractivity (Wildman–Crippen MR) is 198 cm³/mol. The Morgan fingerprint density at radius 1 is 0.942 bits per heavy atom. The van der Waals surface area contributed by atoms with E-state index in [0.717, 1.165) is 49.4 Å². The van der Waals surface area contributed by atoms with Gasteiger partial charge < -0.3 is 24.6 Å². The number of aromatic amines is 1. The number of halogens is 1. The summed E-state index contributed by atoms with van der Waals surface area (Å²) in [7, 11) is 1.99. The highest BCUT2D eigenvalue weighted by Crippen LogP contribution is 2.36. The van der Waals surface area contributed by atoms with E-state index >= 15 is 4.39 Å². The molecule has 3 aliphatic rings. The van der Waals surface area contributed by atoms with Crippen molar-refractivity contribution < 1.29 is 23.8 Å². The maximum Gasteiger partial charge on any atom is 0.264 e. The van der Waals surface area contributed by atoms with Gasteiger partial charge in [0.05, 0.1) is 30.7 Å². The number of rotatable bonds is 7. The van der Waals surface area contributed by atoms with Crippen molar-refractivity contribution in [2.45, 2.75) is 32.4 Å². The number of aromatic nitrogens is 2. The van der Waals surface area contributed by atoms with Crippen LogP contribution in [0.5, 0.6) is 5.75 Å². The molecule has 11 heteroatoms. The van der Waals surface area contributed by atoms with Crippen LogP contribution in [0.25, 0.3) is 11.3 Å². The molecule has 0 aliphatic carbocycles. The molecule has 10 nitrogen and oxygen atoms in total. The number of nitrogens with one attached hydrogen (secondary N) is 1. The molecule has 5 aromatic rings. The van der Waals surface area contributed by atoms with Gasteiger partial charge in [0.2, 0.25) is 0 Å². The van der Waals surface area contributed by atoms with E-state index in [2.05, 4.69) is 31.9 Å². The van der Waals surface area contributed by atoms with Crippen LogP contribution in [0.1, 0.15) is 43.1 Å². The van der Waals surface area contributed by atoms with Crippen molar-refractivity contribution in [1.82, 2.24) is 19.8 Å². The van der Waals surface area contributed by atoms with Gasteiger partial charge in [0.25, 0.3) is 11.8 Å². The number of phenolic OH excluding ortho intramolecular Hbond substituents is 1. The molecule has 0 saturated carbocycles. The van der Waals surface area contributed by atoms with E-state index in [-0.39, 0.29) is 23.6 Å². The van der Waals surface area contributed by atoms with Crippen molar-refractivity contribution >= 4 is 29.0 Å². The molecule has 3 aliphatic heterocycles. The van der Waals surface area contributed by atoms with Gasteiger partial charge in [-0.05, 0) is 91.1 Å². The van der Waals surface area contributed by atoms with Crippen LogP contribution in [-0.4, -0.2) is 89.2 Å². The number of hydrogen-bond donors (Lipinski definition) is 2. The van der Waals surface area contributed by atoms with Gasteiger partial charge in [0, 0.05) is 74.0 Å². The van der Waals surface area contributed by atoms with Crippen LogP contribution in [-0.2, 0) is 24.1 Å². The Hall–Kier alpha value is -5.52. The Morgan fingerprint density at radius 2 is 1.71 bits per heavy atom. The minimum absolute atomic E-state index is 0.0811. The van der Waals surface area contributed by atoms with Crippen molar-refractivity contribution in [3.63, 3.8) is 0 Å². The van der Waals surface area contributed by atoms with Gasteiger partial charge in [-0.3, -0.25) is 19.4 Å². The Kier molecular flexibility index (Phi) is 8.98. The smallest absolute Gasteiger partial charge is 0.264 e. The highest BCUT2D eigenvalue weighted by atomic mass is 19.1. The number of nitrogens with zero attached hydrogens (tertiary/aromatic N) is 5. The molecule has 3 aromatic carbocycles. The summed E-state index contributed by atoms with van der Waals surface area (Å²) in [5.41, 5.74) is 6.65. The zero-order chi connectivity index (χ0) is 35.9. The lowest BCUT2D eigenvalue weighted by Gasteiger charge is -2.40. The molecule has 2 amide bonds. The quantitative estimate of drug-likeness (QED) is 0.212. The normalized spacial score (nSPS) is 17.2. The molecule has 1 atom stereocenters. The second-order valence-electron chi connectivity index (χ2n) is 13.9. The van der Waals surface area contributed by atoms with E-state index in [1.807, 2.05) is 30.1 Å². The Balaban J connectivity index is 1.15. The van der Waals surface area contributed by atoms with Gasteiger partial charge in [0.1, 0.15) is 17.4 Å². The van der Waals surface area contributed by atoms with Crippen LogP contribution in [0.4, 0.5) is 21.6 Å². The molecule has 0 radical (unpaired) electrons. The van der Waals surface area contributed by atoms with E-state index in [9.17, 15) is 14.7 Å². The first-order valence-corrected chi connectivity index (χ1v) is 17.7. The summed E-state index contributed by atoms with van der Waals surface area (Å²) in [5.74, 6) is -0.0446. The number of anilines is 3. The molecule has 0 spiro atoms. The largest absolute Gasteiger partial charge is 0.508 e. The number of fused-ring (bicyclic) bond motifs is 2. The van der Waals surface area contributed by atoms with Gasteiger partial charge in [0.15, 0.2) is 0 Å². The number of carbonyl (C=O) groups is 2. The molecule has 5 heterocycles. The molecular weight excluding hydrogens is 659 g/mol. The Bertz CT molecular complexity index is 2140. The van der Waals surface area contributed by atoms with E-state index in [4.69, 9.17) is 4.74 Å². The zero-order valence-electron chi connectivity index (χ0n) is 29.3. The highest BCUT2D eigenvalue weighted by Gasteiger charge is 2.34. The molecular formula is C41H41FN6O4. The van der Waals surface area contributed by atoms with E-state index in [1.54, 1.807) is 42.3 Å². The third kappa shape index (κ3) is 6.42. The van der Waals surface area contributed by atoms with E-state index in [0.29, 0.717) is 65.8 Å². The fraction of sp³-hybridized carbons (Fsp3) is 0.293. The molecule has 0 bridgehead atoms. The molecule has 2 N–H and O–H groups in total. The van der Waals surface area contributed by atoms with E-state index in [1.165, 1.54) is 29.8 Å². The number of aromatic hydroxyl groups is 1. The Labute approximate surface area is 302 Å². The number of amides is 2. The summed E-state index contributed by atoms with van der Waals surface area (Å²) in [6.07, 6.45) is 3.21. The minimum Gasteiger partial charge on any atom is -0.508 e. The van der Waals surface area contributed by atoms with Crippen LogP contribution in [0.2, 0.25) is 0 Å². The van der Waals surface area contributed by atoms with Crippen molar-refractivity contribution in [1.29, 1.82) is 0 Å².